The Morgan fingerprint density at radius 2 is 1.50 bits per heavy atom. The summed E-state index contributed by atoms with van der Waals surface area (Å²) in [4.78, 5) is 17.5. The summed E-state index contributed by atoms with van der Waals surface area (Å²) in [5.74, 6) is 0.346. The summed E-state index contributed by atoms with van der Waals surface area (Å²) in [5.41, 5.74) is 3.66. The maximum Gasteiger partial charge on any atom is 0.252 e. The standard InChI is InChI=1S/C26H24N2O2/c29-26(27-17-9-14-20-10-3-1-4-11-20)23-18-25(28-24-16-8-7-15-22(23)24)30-19-21-12-5-2-6-13-21/h1-8,10-13,15-16,18H,9,14,17,19H2,(H,27,29). The molecule has 0 saturated carbocycles. The fourth-order valence-corrected chi connectivity index (χ4v) is 3.38. The van der Waals surface area contributed by atoms with Crippen molar-refractivity contribution in [2.24, 2.45) is 0 Å². The van der Waals surface area contributed by atoms with Crippen LogP contribution in [0.1, 0.15) is 27.9 Å². The zero-order valence-corrected chi connectivity index (χ0v) is 16.8. The number of hydrogen-bond donors (Lipinski definition) is 1. The predicted molar refractivity (Wildman–Crippen MR) is 120 cm³/mol. The number of fused-ring (bicyclic) bond motifs is 1. The van der Waals surface area contributed by atoms with E-state index in [1.54, 1.807) is 6.07 Å². The molecule has 30 heavy (non-hydrogen) atoms. The minimum Gasteiger partial charge on any atom is -0.473 e. The molecule has 0 atom stereocenters. The van der Waals surface area contributed by atoms with Gasteiger partial charge in [-0.3, -0.25) is 4.79 Å². The Morgan fingerprint density at radius 1 is 0.833 bits per heavy atom. The van der Waals surface area contributed by atoms with Gasteiger partial charge in [0.2, 0.25) is 5.88 Å². The Morgan fingerprint density at radius 3 is 2.27 bits per heavy atom. The van der Waals surface area contributed by atoms with Crippen molar-refractivity contribution < 1.29 is 9.53 Å². The predicted octanol–water partition coefficient (Wildman–Crippen LogP) is 5.18. The third kappa shape index (κ3) is 5.03. The molecule has 3 aromatic carbocycles. The minimum atomic E-state index is -0.105. The third-order valence-electron chi connectivity index (χ3n) is 4.94. The summed E-state index contributed by atoms with van der Waals surface area (Å²) in [6.45, 7) is 1.02. The van der Waals surface area contributed by atoms with Crippen LogP contribution in [0.5, 0.6) is 5.88 Å². The van der Waals surface area contributed by atoms with E-state index in [4.69, 9.17) is 4.74 Å². The fourth-order valence-electron chi connectivity index (χ4n) is 3.38. The summed E-state index contributed by atoms with van der Waals surface area (Å²) in [7, 11) is 0. The van der Waals surface area contributed by atoms with Gasteiger partial charge in [0.05, 0.1) is 11.1 Å². The molecule has 1 aromatic heterocycles. The van der Waals surface area contributed by atoms with Gasteiger partial charge in [-0.1, -0.05) is 78.9 Å². The van der Waals surface area contributed by atoms with Gasteiger partial charge in [-0.25, -0.2) is 4.98 Å². The molecule has 0 spiro atoms. The first-order chi connectivity index (χ1) is 14.8. The Kier molecular flexibility index (Phi) is 6.35. The maximum atomic E-state index is 12.9. The molecule has 0 saturated heterocycles. The molecule has 0 radical (unpaired) electrons. The molecular formula is C26H24N2O2. The highest BCUT2D eigenvalue weighted by Gasteiger charge is 2.13. The average molecular weight is 396 g/mol. The average Bonchev–Trinajstić information content (AvgIpc) is 2.81. The molecule has 4 heteroatoms. The van der Waals surface area contributed by atoms with Crippen molar-refractivity contribution >= 4 is 16.8 Å². The molecular weight excluding hydrogens is 372 g/mol. The number of nitrogens with zero attached hydrogens (tertiary/aromatic N) is 1. The number of ether oxygens (including phenoxy) is 1. The number of aryl methyl sites for hydroxylation is 1. The Labute approximate surface area is 176 Å². The van der Waals surface area contributed by atoms with E-state index >= 15 is 0 Å². The van der Waals surface area contributed by atoms with Crippen LogP contribution in [0.15, 0.2) is 91.0 Å². The van der Waals surface area contributed by atoms with Gasteiger partial charge in [0.25, 0.3) is 5.91 Å². The first-order valence-corrected chi connectivity index (χ1v) is 10.2. The number of amides is 1. The van der Waals surface area contributed by atoms with E-state index in [1.807, 2.05) is 72.8 Å². The Bertz CT molecular complexity index is 1110. The summed E-state index contributed by atoms with van der Waals surface area (Å²) < 4.78 is 5.88. The van der Waals surface area contributed by atoms with Gasteiger partial charge in [-0.15, -0.1) is 0 Å². The largest absolute Gasteiger partial charge is 0.473 e. The van der Waals surface area contributed by atoms with Crippen molar-refractivity contribution in [3.63, 3.8) is 0 Å². The lowest BCUT2D eigenvalue weighted by Crippen LogP contribution is -2.25. The lowest BCUT2D eigenvalue weighted by Gasteiger charge is -2.11. The second kappa shape index (κ2) is 9.70. The van der Waals surface area contributed by atoms with E-state index in [-0.39, 0.29) is 5.91 Å². The monoisotopic (exact) mass is 396 g/mol. The number of para-hydroxylation sites is 1. The van der Waals surface area contributed by atoms with Crippen LogP contribution in [0.25, 0.3) is 10.9 Å². The molecule has 0 aliphatic rings. The second-order valence-corrected chi connectivity index (χ2v) is 7.14. The number of carbonyl (C=O) groups is 1. The van der Waals surface area contributed by atoms with Crippen molar-refractivity contribution in [3.8, 4) is 5.88 Å². The summed E-state index contributed by atoms with van der Waals surface area (Å²) in [6.07, 6.45) is 1.82. The maximum absolute atomic E-state index is 12.9. The van der Waals surface area contributed by atoms with Crippen molar-refractivity contribution in [1.29, 1.82) is 0 Å². The zero-order chi connectivity index (χ0) is 20.6. The van der Waals surface area contributed by atoms with Gasteiger partial charge in [-0.2, -0.15) is 0 Å². The molecule has 4 nitrogen and oxygen atoms in total. The number of rotatable bonds is 8. The van der Waals surface area contributed by atoms with E-state index in [0.717, 1.165) is 29.3 Å². The van der Waals surface area contributed by atoms with E-state index in [0.29, 0.717) is 24.6 Å². The molecule has 150 valence electrons. The number of hydrogen-bond acceptors (Lipinski definition) is 3. The Balaban J connectivity index is 1.45. The van der Waals surface area contributed by atoms with Gasteiger partial charge in [0, 0.05) is 18.0 Å². The quantitative estimate of drug-likeness (QED) is 0.418. The van der Waals surface area contributed by atoms with Crippen LogP contribution < -0.4 is 10.1 Å². The number of carbonyl (C=O) groups excluding carboxylic acids is 1. The highest BCUT2D eigenvalue weighted by atomic mass is 16.5. The molecule has 4 rings (SSSR count). The highest BCUT2D eigenvalue weighted by molar-refractivity contribution is 6.06. The van der Waals surface area contributed by atoms with E-state index in [1.165, 1.54) is 5.56 Å². The fraction of sp³-hybridized carbons (Fsp3) is 0.154. The van der Waals surface area contributed by atoms with Crippen LogP contribution in [0, 0.1) is 0 Å². The van der Waals surface area contributed by atoms with Crippen molar-refractivity contribution in [1.82, 2.24) is 10.3 Å². The summed E-state index contributed by atoms with van der Waals surface area (Å²) in [6, 6.07) is 29.6. The first-order valence-electron chi connectivity index (χ1n) is 10.2. The van der Waals surface area contributed by atoms with Gasteiger partial charge in [0.15, 0.2) is 0 Å². The highest BCUT2D eigenvalue weighted by Crippen LogP contribution is 2.23. The third-order valence-corrected chi connectivity index (χ3v) is 4.94. The molecule has 4 aromatic rings. The van der Waals surface area contributed by atoms with Gasteiger partial charge in [-0.05, 0) is 30.0 Å². The van der Waals surface area contributed by atoms with Crippen LogP contribution in [0.2, 0.25) is 0 Å². The second-order valence-electron chi connectivity index (χ2n) is 7.14. The number of benzene rings is 3. The van der Waals surface area contributed by atoms with Crippen molar-refractivity contribution in [2.45, 2.75) is 19.4 Å². The smallest absolute Gasteiger partial charge is 0.252 e. The Hall–Kier alpha value is -3.66. The number of pyridine rings is 1. The van der Waals surface area contributed by atoms with Gasteiger partial charge >= 0.3 is 0 Å². The zero-order valence-electron chi connectivity index (χ0n) is 16.8. The lowest BCUT2D eigenvalue weighted by molar-refractivity contribution is 0.0954. The lowest BCUT2D eigenvalue weighted by atomic mass is 10.1. The molecule has 0 aliphatic heterocycles. The van der Waals surface area contributed by atoms with Gasteiger partial charge < -0.3 is 10.1 Å². The number of aromatic nitrogens is 1. The molecule has 1 heterocycles. The SMILES string of the molecule is O=C(NCCCc1ccccc1)c1cc(OCc2ccccc2)nc2ccccc12. The van der Waals surface area contributed by atoms with Crippen molar-refractivity contribution in [2.75, 3.05) is 6.54 Å². The summed E-state index contributed by atoms with van der Waals surface area (Å²) in [5, 5.41) is 3.86. The minimum absolute atomic E-state index is 0.105. The van der Waals surface area contributed by atoms with Crippen LogP contribution in [0.3, 0.4) is 0 Å². The van der Waals surface area contributed by atoms with Crippen LogP contribution in [-0.2, 0) is 13.0 Å². The molecule has 0 fully saturated rings. The van der Waals surface area contributed by atoms with E-state index in [9.17, 15) is 4.79 Å². The van der Waals surface area contributed by atoms with Crippen LogP contribution in [0.4, 0.5) is 0 Å². The van der Waals surface area contributed by atoms with Crippen LogP contribution >= 0.6 is 0 Å². The molecule has 1 N–H and O–H groups in total. The summed E-state index contributed by atoms with van der Waals surface area (Å²) >= 11 is 0. The normalized spacial score (nSPS) is 10.7. The molecule has 0 unspecified atom stereocenters. The topological polar surface area (TPSA) is 51.2 Å². The van der Waals surface area contributed by atoms with Crippen LogP contribution in [-0.4, -0.2) is 17.4 Å². The van der Waals surface area contributed by atoms with Crippen molar-refractivity contribution in [3.05, 3.63) is 108 Å². The van der Waals surface area contributed by atoms with Gasteiger partial charge in [0.1, 0.15) is 6.61 Å². The molecule has 0 bridgehead atoms. The molecule has 1 amide bonds. The molecule has 0 aliphatic carbocycles. The van der Waals surface area contributed by atoms with E-state index in [2.05, 4.69) is 22.4 Å². The number of nitrogens with one attached hydrogen (secondary N) is 1. The first kappa shape index (κ1) is 19.6. The van der Waals surface area contributed by atoms with E-state index < -0.39 is 0 Å².